The summed E-state index contributed by atoms with van der Waals surface area (Å²) in [5.74, 6) is 0.386. The number of carbonyl (C=O) groups excluding carboxylic acids is 1. The highest BCUT2D eigenvalue weighted by molar-refractivity contribution is 7.89. The van der Waals surface area contributed by atoms with Crippen molar-refractivity contribution in [3.63, 3.8) is 0 Å². The van der Waals surface area contributed by atoms with E-state index in [1.165, 1.54) is 19.2 Å². The van der Waals surface area contributed by atoms with Crippen molar-refractivity contribution in [1.29, 1.82) is 0 Å². The van der Waals surface area contributed by atoms with Crippen molar-refractivity contribution in [1.82, 2.24) is 9.62 Å². The van der Waals surface area contributed by atoms with Gasteiger partial charge in [0.25, 0.3) is 0 Å². The zero-order valence-corrected chi connectivity index (χ0v) is 16.0. The summed E-state index contributed by atoms with van der Waals surface area (Å²) in [6, 6.07) is 14.1. The second-order valence-electron chi connectivity index (χ2n) is 6.04. The Morgan fingerprint density at radius 3 is 2.38 bits per heavy atom. The molecule has 0 aliphatic rings. The first-order valence-electron chi connectivity index (χ1n) is 8.29. The Morgan fingerprint density at radius 2 is 1.73 bits per heavy atom. The minimum absolute atomic E-state index is 0.168. The lowest BCUT2D eigenvalue weighted by Crippen LogP contribution is -2.39. The molecule has 0 aromatic heterocycles. The first-order valence-corrected chi connectivity index (χ1v) is 9.73. The van der Waals surface area contributed by atoms with Crippen LogP contribution in [0, 0.1) is 13.8 Å². The van der Waals surface area contributed by atoms with Crippen molar-refractivity contribution >= 4 is 15.9 Å². The number of aryl methyl sites for hydroxylation is 2. The number of rotatable bonds is 8. The molecular weight excluding hydrogens is 352 g/mol. The van der Waals surface area contributed by atoms with Gasteiger partial charge in [0.05, 0.1) is 18.0 Å². The maximum absolute atomic E-state index is 12.5. The van der Waals surface area contributed by atoms with Gasteiger partial charge in [0, 0.05) is 7.05 Å². The third-order valence-electron chi connectivity index (χ3n) is 3.87. The molecular formula is C19H24N2O4S. The summed E-state index contributed by atoms with van der Waals surface area (Å²) in [7, 11) is -2.30. The van der Waals surface area contributed by atoms with Crippen LogP contribution in [0.15, 0.2) is 53.4 Å². The molecule has 2 aromatic carbocycles. The number of para-hydroxylation sites is 1. The topological polar surface area (TPSA) is 75.7 Å². The lowest BCUT2D eigenvalue weighted by Gasteiger charge is -2.17. The van der Waals surface area contributed by atoms with Crippen LogP contribution in [0.2, 0.25) is 0 Å². The highest BCUT2D eigenvalue weighted by Gasteiger charge is 2.22. The average Bonchev–Trinajstić information content (AvgIpc) is 2.60. The standard InChI is InChI=1S/C19H24N2O4S/c1-15-8-10-17(11-9-15)26(23,24)21(3)14-19(22)20-12-13-25-18-7-5-4-6-16(18)2/h4-11H,12-14H2,1-3H3,(H,20,22). The van der Waals surface area contributed by atoms with Gasteiger partial charge in [-0.1, -0.05) is 35.9 Å². The molecule has 26 heavy (non-hydrogen) atoms. The maximum Gasteiger partial charge on any atom is 0.243 e. The minimum Gasteiger partial charge on any atom is -0.491 e. The van der Waals surface area contributed by atoms with Crippen LogP contribution in [0.5, 0.6) is 5.75 Å². The maximum atomic E-state index is 12.5. The summed E-state index contributed by atoms with van der Waals surface area (Å²) >= 11 is 0. The normalized spacial score (nSPS) is 11.4. The molecule has 6 nitrogen and oxygen atoms in total. The van der Waals surface area contributed by atoms with Gasteiger partial charge in [-0.15, -0.1) is 0 Å². The molecule has 2 rings (SSSR count). The summed E-state index contributed by atoms with van der Waals surface area (Å²) in [5, 5.41) is 2.67. The Labute approximate surface area is 154 Å². The van der Waals surface area contributed by atoms with Crippen molar-refractivity contribution in [3.8, 4) is 5.75 Å². The smallest absolute Gasteiger partial charge is 0.243 e. The number of ether oxygens (including phenoxy) is 1. The third-order valence-corrected chi connectivity index (χ3v) is 5.69. The third kappa shape index (κ3) is 5.31. The van der Waals surface area contributed by atoms with E-state index in [-0.39, 0.29) is 17.3 Å². The van der Waals surface area contributed by atoms with E-state index in [0.717, 1.165) is 21.2 Å². The second-order valence-corrected chi connectivity index (χ2v) is 8.08. The van der Waals surface area contributed by atoms with E-state index < -0.39 is 10.0 Å². The summed E-state index contributed by atoms with van der Waals surface area (Å²) in [5.41, 5.74) is 1.99. The van der Waals surface area contributed by atoms with Crippen LogP contribution in [-0.4, -0.2) is 45.4 Å². The fourth-order valence-corrected chi connectivity index (χ4v) is 3.43. The quantitative estimate of drug-likeness (QED) is 0.716. The van der Waals surface area contributed by atoms with E-state index in [1.807, 2.05) is 38.1 Å². The molecule has 0 unspecified atom stereocenters. The zero-order valence-electron chi connectivity index (χ0n) is 15.2. The van der Waals surface area contributed by atoms with Gasteiger partial charge in [-0.3, -0.25) is 4.79 Å². The molecule has 0 heterocycles. The Kier molecular flexibility index (Phi) is 6.76. The van der Waals surface area contributed by atoms with Gasteiger partial charge >= 0.3 is 0 Å². The molecule has 0 aliphatic carbocycles. The molecule has 0 bridgehead atoms. The zero-order chi connectivity index (χ0) is 19.2. The van der Waals surface area contributed by atoms with Gasteiger partial charge < -0.3 is 10.1 Å². The van der Waals surface area contributed by atoms with Gasteiger partial charge in [0.15, 0.2) is 0 Å². The van der Waals surface area contributed by atoms with Gasteiger partial charge in [-0.25, -0.2) is 8.42 Å². The van der Waals surface area contributed by atoms with Crippen LogP contribution in [0.1, 0.15) is 11.1 Å². The van der Waals surface area contributed by atoms with Crippen LogP contribution in [0.3, 0.4) is 0 Å². The number of likely N-dealkylation sites (N-methyl/N-ethyl adjacent to an activating group) is 1. The van der Waals surface area contributed by atoms with E-state index in [9.17, 15) is 13.2 Å². The number of hydrogen-bond donors (Lipinski definition) is 1. The van der Waals surface area contributed by atoms with E-state index in [2.05, 4.69) is 5.32 Å². The molecule has 0 radical (unpaired) electrons. The van der Waals surface area contributed by atoms with Gasteiger partial charge in [-0.2, -0.15) is 4.31 Å². The Bertz CT molecular complexity index is 848. The number of benzene rings is 2. The Morgan fingerprint density at radius 1 is 1.08 bits per heavy atom. The van der Waals surface area contributed by atoms with Crippen molar-refractivity contribution in [2.45, 2.75) is 18.7 Å². The minimum atomic E-state index is -3.69. The number of amides is 1. The predicted octanol–water partition coefficient (Wildman–Crippen LogP) is 2.12. The lowest BCUT2D eigenvalue weighted by atomic mass is 10.2. The van der Waals surface area contributed by atoms with Crippen molar-refractivity contribution < 1.29 is 17.9 Å². The summed E-state index contributed by atoms with van der Waals surface area (Å²) in [4.78, 5) is 12.2. The highest BCUT2D eigenvalue weighted by Crippen LogP contribution is 2.16. The van der Waals surface area contributed by atoms with Gasteiger partial charge in [0.2, 0.25) is 15.9 Å². The number of nitrogens with zero attached hydrogens (tertiary/aromatic N) is 1. The van der Waals surface area contributed by atoms with Crippen LogP contribution in [-0.2, 0) is 14.8 Å². The van der Waals surface area contributed by atoms with E-state index in [4.69, 9.17) is 4.74 Å². The van der Waals surface area contributed by atoms with Crippen LogP contribution < -0.4 is 10.1 Å². The number of hydrogen-bond acceptors (Lipinski definition) is 4. The second kappa shape index (κ2) is 8.82. The molecule has 0 saturated heterocycles. The molecule has 140 valence electrons. The van der Waals surface area contributed by atoms with Crippen molar-refractivity contribution in [3.05, 3.63) is 59.7 Å². The molecule has 0 spiro atoms. The van der Waals surface area contributed by atoms with Gasteiger partial charge in [0.1, 0.15) is 12.4 Å². The van der Waals surface area contributed by atoms with Crippen molar-refractivity contribution in [2.24, 2.45) is 0 Å². The molecule has 0 atom stereocenters. The lowest BCUT2D eigenvalue weighted by molar-refractivity contribution is -0.121. The fourth-order valence-electron chi connectivity index (χ4n) is 2.30. The van der Waals surface area contributed by atoms with Crippen LogP contribution in [0.25, 0.3) is 0 Å². The number of nitrogens with one attached hydrogen (secondary N) is 1. The van der Waals surface area contributed by atoms with E-state index >= 15 is 0 Å². The molecule has 0 fully saturated rings. The summed E-state index contributed by atoms with van der Waals surface area (Å²) < 4.78 is 31.5. The first-order chi connectivity index (χ1) is 12.3. The van der Waals surface area contributed by atoms with E-state index in [1.54, 1.807) is 12.1 Å². The van der Waals surface area contributed by atoms with Gasteiger partial charge in [-0.05, 0) is 37.6 Å². The molecule has 1 N–H and O–H groups in total. The Hall–Kier alpha value is -2.38. The molecule has 2 aromatic rings. The molecule has 7 heteroatoms. The highest BCUT2D eigenvalue weighted by atomic mass is 32.2. The molecule has 1 amide bonds. The Balaban J connectivity index is 1.81. The van der Waals surface area contributed by atoms with Crippen LogP contribution >= 0.6 is 0 Å². The monoisotopic (exact) mass is 376 g/mol. The predicted molar refractivity (Wildman–Crippen MR) is 101 cm³/mol. The summed E-state index contributed by atoms with van der Waals surface area (Å²) in [6.45, 7) is 4.18. The van der Waals surface area contributed by atoms with E-state index in [0.29, 0.717) is 13.2 Å². The molecule has 0 aliphatic heterocycles. The molecule has 0 saturated carbocycles. The largest absolute Gasteiger partial charge is 0.491 e. The van der Waals surface area contributed by atoms with Crippen LogP contribution in [0.4, 0.5) is 0 Å². The fraction of sp³-hybridized carbons (Fsp3) is 0.316. The summed E-state index contributed by atoms with van der Waals surface area (Å²) in [6.07, 6.45) is 0. The number of carbonyl (C=O) groups is 1. The SMILES string of the molecule is Cc1ccc(S(=O)(=O)N(C)CC(=O)NCCOc2ccccc2C)cc1. The van der Waals surface area contributed by atoms with Crippen molar-refractivity contribution in [2.75, 3.05) is 26.7 Å². The number of sulfonamides is 1. The average molecular weight is 376 g/mol. The first kappa shape index (κ1) is 19.9.